The van der Waals surface area contributed by atoms with Crippen LogP contribution in [-0.4, -0.2) is 66.9 Å². The van der Waals surface area contributed by atoms with E-state index in [2.05, 4.69) is 15.3 Å². The minimum Gasteiger partial charge on any atom is -0.379 e. The molecule has 2 aliphatic heterocycles. The Morgan fingerprint density at radius 2 is 1.83 bits per heavy atom. The molecule has 1 aliphatic carbocycles. The molecule has 0 spiro atoms. The molecule has 1 saturated heterocycles. The van der Waals surface area contributed by atoms with E-state index < -0.39 is 11.9 Å². The van der Waals surface area contributed by atoms with Gasteiger partial charge in [-0.25, -0.2) is 0 Å². The van der Waals surface area contributed by atoms with Gasteiger partial charge in [-0.15, -0.1) is 0 Å². The van der Waals surface area contributed by atoms with Crippen LogP contribution in [0.3, 0.4) is 0 Å². The molecule has 2 fully saturated rings. The van der Waals surface area contributed by atoms with E-state index in [1.807, 2.05) is 30.3 Å². The highest BCUT2D eigenvalue weighted by atomic mass is 16.5. The molecule has 0 aromatic heterocycles. The summed E-state index contributed by atoms with van der Waals surface area (Å²) >= 11 is 0. The first-order valence-electron chi connectivity index (χ1n) is 10.9. The van der Waals surface area contributed by atoms with Gasteiger partial charge in [-0.3, -0.25) is 19.5 Å². The molecule has 8 heteroatoms. The van der Waals surface area contributed by atoms with Gasteiger partial charge in [-0.1, -0.05) is 37.5 Å². The SMILES string of the molecule is NC(=O)C1CC(C(=O)NCC2(N3CCOCC3)CCCCC2)=NN1c1ccccc1. The summed E-state index contributed by atoms with van der Waals surface area (Å²) in [5, 5.41) is 9.16. The predicted octanol–water partition coefficient (Wildman–Crippen LogP) is 1.26. The second-order valence-electron chi connectivity index (χ2n) is 8.42. The number of rotatable bonds is 6. The van der Waals surface area contributed by atoms with E-state index in [4.69, 9.17) is 10.5 Å². The van der Waals surface area contributed by atoms with Gasteiger partial charge in [-0.2, -0.15) is 5.10 Å². The van der Waals surface area contributed by atoms with Crippen LogP contribution in [0.2, 0.25) is 0 Å². The average Bonchev–Trinajstić information content (AvgIpc) is 3.25. The number of amides is 2. The summed E-state index contributed by atoms with van der Waals surface area (Å²) in [6, 6.07) is 8.71. The summed E-state index contributed by atoms with van der Waals surface area (Å²) in [7, 11) is 0. The number of nitrogens with two attached hydrogens (primary N) is 1. The summed E-state index contributed by atoms with van der Waals surface area (Å²) in [5.41, 5.74) is 6.69. The van der Waals surface area contributed by atoms with Gasteiger partial charge >= 0.3 is 0 Å². The molecule has 3 N–H and O–H groups in total. The Bertz CT molecular complexity index is 785. The molecule has 1 atom stereocenters. The Morgan fingerprint density at radius 1 is 1.13 bits per heavy atom. The van der Waals surface area contributed by atoms with Crippen LogP contribution in [0.5, 0.6) is 0 Å². The van der Waals surface area contributed by atoms with Crippen molar-refractivity contribution < 1.29 is 14.3 Å². The Morgan fingerprint density at radius 3 is 2.50 bits per heavy atom. The predicted molar refractivity (Wildman–Crippen MR) is 115 cm³/mol. The molecule has 162 valence electrons. The third-order valence-corrected chi connectivity index (χ3v) is 6.57. The molecular weight excluding hydrogens is 382 g/mol. The van der Waals surface area contributed by atoms with Gasteiger partial charge in [0.2, 0.25) is 5.91 Å². The quantitative estimate of drug-likeness (QED) is 0.731. The standard InChI is InChI=1S/C22H31N5O3/c23-20(28)19-15-18(25-27(19)17-7-3-1-4-8-17)21(29)24-16-22(9-5-2-6-10-22)26-11-13-30-14-12-26/h1,3-4,7-8,19H,2,5-6,9-16H2,(H2,23,28)(H,24,29). The molecule has 0 bridgehead atoms. The van der Waals surface area contributed by atoms with E-state index in [1.165, 1.54) is 19.3 Å². The Kier molecular flexibility index (Phi) is 6.34. The van der Waals surface area contributed by atoms with Crippen LogP contribution >= 0.6 is 0 Å². The summed E-state index contributed by atoms with van der Waals surface area (Å²) in [6.07, 6.45) is 6.00. The topological polar surface area (TPSA) is 100 Å². The second-order valence-corrected chi connectivity index (χ2v) is 8.42. The lowest BCUT2D eigenvalue weighted by Crippen LogP contribution is -2.60. The number of hydrazone groups is 1. The van der Waals surface area contributed by atoms with E-state index in [0.717, 1.165) is 44.8 Å². The molecule has 30 heavy (non-hydrogen) atoms. The third-order valence-electron chi connectivity index (χ3n) is 6.57. The summed E-state index contributed by atoms with van der Waals surface area (Å²) in [6.45, 7) is 3.89. The van der Waals surface area contributed by atoms with Gasteiger partial charge in [0.15, 0.2) is 0 Å². The van der Waals surface area contributed by atoms with Crippen LogP contribution in [0.1, 0.15) is 38.5 Å². The molecule has 2 amide bonds. The molecule has 1 unspecified atom stereocenters. The number of carbonyl (C=O) groups excluding carboxylic acids is 2. The average molecular weight is 414 g/mol. The number of morpholine rings is 1. The molecule has 1 aromatic rings. The number of carbonyl (C=O) groups is 2. The number of ether oxygens (including phenoxy) is 1. The maximum atomic E-state index is 13.0. The lowest BCUT2D eigenvalue weighted by atomic mass is 9.79. The van der Waals surface area contributed by atoms with Crippen LogP contribution in [-0.2, 0) is 14.3 Å². The van der Waals surface area contributed by atoms with Crippen molar-refractivity contribution in [1.82, 2.24) is 10.2 Å². The minimum atomic E-state index is -0.643. The van der Waals surface area contributed by atoms with Gasteiger partial charge < -0.3 is 15.8 Å². The van der Waals surface area contributed by atoms with Crippen LogP contribution in [0, 0.1) is 0 Å². The highest BCUT2D eigenvalue weighted by Crippen LogP contribution is 2.34. The molecule has 2 heterocycles. The van der Waals surface area contributed by atoms with Crippen LogP contribution in [0.15, 0.2) is 35.4 Å². The zero-order valence-electron chi connectivity index (χ0n) is 17.4. The number of nitrogens with one attached hydrogen (secondary N) is 1. The normalized spacial score (nSPS) is 24.3. The van der Waals surface area contributed by atoms with Crippen molar-refractivity contribution in [3.8, 4) is 0 Å². The number of para-hydroxylation sites is 1. The maximum absolute atomic E-state index is 13.0. The Hall–Kier alpha value is -2.45. The molecule has 1 saturated carbocycles. The third kappa shape index (κ3) is 4.34. The van der Waals surface area contributed by atoms with Crippen molar-refractivity contribution in [2.75, 3.05) is 37.9 Å². The number of primary amides is 1. The lowest BCUT2D eigenvalue weighted by Gasteiger charge is -2.48. The van der Waals surface area contributed by atoms with Crippen molar-refractivity contribution in [2.24, 2.45) is 10.8 Å². The zero-order valence-corrected chi connectivity index (χ0v) is 17.4. The minimum absolute atomic E-state index is 0.0148. The van der Waals surface area contributed by atoms with E-state index in [1.54, 1.807) is 5.01 Å². The van der Waals surface area contributed by atoms with Gasteiger partial charge in [-0.05, 0) is 25.0 Å². The van der Waals surface area contributed by atoms with Crippen LogP contribution < -0.4 is 16.1 Å². The fourth-order valence-corrected chi connectivity index (χ4v) is 4.89. The molecule has 4 rings (SSSR count). The summed E-state index contributed by atoms with van der Waals surface area (Å²) < 4.78 is 5.53. The van der Waals surface area contributed by atoms with Gasteiger partial charge in [0.05, 0.1) is 18.9 Å². The molecule has 0 radical (unpaired) electrons. The molecule has 8 nitrogen and oxygen atoms in total. The fraction of sp³-hybridized carbons (Fsp3) is 0.591. The summed E-state index contributed by atoms with van der Waals surface area (Å²) in [4.78, 5) is 27.5. The maximum Gasteiger partial charge on any atom is 0.267 e. The summed E-state index contributed by atoms with van der Waals surface area (Å²) in [5.74, 6) is -0.694. The second kappa shape index (κ2) is 9.14. The van der Waals surface area contributed by atoms with E-state index in [0.29, 0.717) is 12.3 Å². The number of benzene rings is 1. The van der Waals surface area contributed by atoms with Crippen molar-refractivity contribution in [3.63, 3.8) is 0 Å². The first-order valence-corrected chi connectivity index (χ1v) is 10.9. The largest absolute Gasteiger partial charge is 0.379 e. The Labute approximate surface area is 177 Å². The number of hydrogen-bond donors (Lipinski definition) is 2. The van der Waals surface area contributed by atoms with Crippen LogP contribution in [0.25, 0.3) is 0 Å². The van der Waals surface area contributed by atoms with E-state index in [9.17, 15) is 9.59 Å². The van der Waals surface area contributed by atoms with Crippen LogP contribution in [0.4, 0.5) is 5.69 Å². The van der Waals surface area contributed by atoms with E-state index in [-0.39, 0.29) is 17.9 Å². The fourth-order valence-electron chi connectivity index (χ4n) is 4.89. The highest BCUT2D eigenvalue weighted by Gasteiger charge is 2.40. The van der Waals surface area contributed by atoms with Gasteiger partial charge in [0.25, 0.3) is 5.91 Å². The number of anilines is 1. The first-order chi connectivity index (χ1) is 14.6. The zero-order chi connectivity index (χ0) is 21.0. The molecular formula is C22H31N5O3. The highest BCUT2D eigenvalue weighted by molar-refractivity contribution is 6.40. The number of nitrogens with zero attached hydrogens (tertiary/aromatic N) is 3. The molecule has 1 aromatic carbocycles. The van der Waals surface area contributed by atoms with E-state index >= 15 is 0 Å². The first kappa shape index (κ1) is 20.8. The van der Waals surface area contributed by atoms with Gasteiger partial charge in [0, 0.05) is 31.6 Å². The van der Waals surface area contributed by atoms with Crippen molar-refractivity contribution >= 4 is 23.2 Å². The van der Waals surface area contributed by atoms with Crippen molar-refractivity contribution in [2.45, 2.75) is 50.1 Å². The van der Waals surface area contributed by atoms with Crippen molar-refractivity contribution in [3.05, 3.63) is 30.3 Å². The lowest BCUT2D eigenvalue weighted by molar-refractivity contribution is -0.119. The number of hydrogen-bond acceptors (Lipinski definition) is 6. The molecule has 3 aliphatic rings. The smallest absolute Gasteiger partial charge is 0.267 e. The monoisotopic (exact) mass is 413 g/mol. The Balaban J connectivity index is 1.46. The van der Waals surface area contributed by atoms with Crippen molar-refractivity contribution in [1.29, 1.82) is 0 Å². The van der Waals surface area contributed by atoms with Gasteiger partial charge in [0.1, 0.15) is 11.8 Å².